The average Bonchev–Trinajstić information content (AvgIpc) is 2.56. The third-order valence-corrected chi connectivity index (χ3v) is 4.32. The van der Waals surface area contributed by atoms with Crippen LogP contribution in [0, 0.1) is 31.6 Å². The normalized spacial score (nSPS) is 10.2. The van der Waals surface area contributed by atoms with Crippen LogP contribution in [0.5, 0.6) is 0 Å². The molecule has 1 N–H and O–H groups in total. The third kappa shape index (κ3) is 10.9. The first kappa shape index (κ1) is 22.2. The average molecular weight is 350 g/mol. The number of unbranched alkanes of at least 4 members (excludes halogenated alkanes) is 4. The highest BCUT2D eigenvalue weighted by atomic mass is 32.2. The Labute approximate surface area is 146 Å². The van der Waals surface area contributed by atoms with Gasteiger partial charge in [-0.2, -0.15) is 8.42 Å². The van der Waals surface area contributed by atoms with Crippen LogP contribution in [0.3, 0.4) is 0 Å². The maximum absolute atomic E-state index is 11.7. The summed E-state index contributed by atoms with van der Waals surface area (Å²) in [5.41, 5.74) is 1.01. The summed E-state index contributed by atoms with van der Waals surface area (Å²) in [6.07, 6.45) is 14.7. The van der Waals surface area contributed by atoms with Gasteiger partial charge in [0.05, 0.1) is 11.5 Å². The summed E-state index contributed by atoms with van der Waals surface area (Å²) in [6, 6.07) is 6.58. The molecule has 0 aliphatic carbocycles. The number of rotatable bonds is 9. The number of aliphatic hydroxyl groups is 1. The fraction of sp³-hybridized carbons (Fsp3) is 0.474. The molecule has 24 heavy (non-hydrogen) atoms. The Morgan fingerprint density at radius 3 is 2.04 bits per heavy atom. The van der Waals surface area contributed by atoms with E-state index >= 15 is 0 Å². The zero-order valence-electron chi connectivity index (χ0n) is 14.2. The third-order valence-electron chi connectivity index (χ3n) is 2.99. The largest absolute Gasteiger partial charge is 0.396 e. The molecule has 1 aromatic rings. The molecule has 0 aliphatic rings. The molecule has 0 radical (unpaired) electrons. The van der Waals surface area contributed by atoms with Crippen LogP contribution in [-0.4, -0.2) is 26.7 Å². The van der Waals surface area contributed by atoms with E-state index in [9.17, 15) is 8.42 Å². The first-order chi connectivity index (χ1) is 11.5. The van der Waals surface area contributed by atoms with Crippen molar-refractivity contribution in [3.05, 3.63) is 29.8 Å². The van der Waals surface area contributed by atoms with Gasteiger partial charge in [-0.3, -0.25) is 4.18 Å². The van der Waals surface area contributed by atoms with Crippen molar-refractivity contribution < 1.29 is 17.7 Å². The summed E-state index contributed by atoms with van der Waals surface area (Å²) >= 11 is 0. The number of aliphatic hydroxyl groups excluding tert-OH is 1. The molecule has 5 heteroatoms. The Kier molecular flexibility index (Phi) is 12.6. The maximum atomic E-state index is 11.7. The Morgan fingerprint density at radius 2 is 1.54 bits per heavy atom. The summed E-state index contributed by atoms with van der Waals surface area (Å²) in [7, 11) is -3.62. The lowest BCUT2D eigenvalue weighted by Gasteiger charge is -2.05. The molecule has 0 unspecified atom stereocenters. The molecule has 1 rings (SSSR count). The lowest BCUT2D eigenvalue weighted by Crippen LogP contribution is -2.07. The number of hydrogen-bond donors (Lipinski definition) is 1. The molecule has 0 fully saturated rings. The van der Waals surface area contributed by atoms with Crippen molar-refractivity contribution in [2.45, 2.75) is 50.3 Å². The Morgan fingerprint density at radius 1 is 1.00 bits per heavy atom. The minimum absolute atomic E-state index is 0.178. The van der Waals surface area contributed by atoms with Crippen LogP contribution >= 0.6 is 0 Å². The first-order valence-electron chi connectivity index (χ1n) is 7.91. The van der Waals surface area contributed by atoms with Crippen LogP contribution in [0.4, 0.5) is 0 Å². The monoisotopic (exact) mass is 350 g/mol. The van der Waals surface area contributed by atoms with Gasteiger partial charge in [-0.1, -0.05) is 17.7 Å². The molecule has 4 nitrogen and oxygen atoms in total. The Balaban J connectivity index is 0.000000640. The van der Waals surface area contributed by atoms with E-state index in [4.69, 9.17) is 22.1 Å². The van der Waals surface area contributed by atoms with Crippen molar-refractivity contribution in [3.8, 4) is 24.7 Å². The van der Waals surface area contributed by atoms with Gasteiger partial charge in [-0.15, -0.1) is 24.7 Å². The van der Waals surface area contributed by atoms with Gasteiger partial charge in [0.25, 0.3) is 10.1 Å². The van der Waals surface area contributed by atoms with E-state index in [-0.39, 0.29) is 18.1 Å². The first-order valence-corrected chi connectivity index (χ1v) is 9.32. The number of hydrogen-bond acceptors (Lipinski definition) is 4. The predicted octanol–water partition coefficient (Wildman–Crippen LogP) is 3.29. The van der Waals surface area contributed by atoms with Crippen LogP contribution in [0.2, 0.25) is 0 Å². The van der Waals surface area contributed by atoms with E-state index in [1.54, 1.807) is 24.3 Å². The Hall–Kier alpha value is -1.79. The number of benzene rings is 1. The maximum Gasteiger partial charge on any atom is 0.296 e. The standard InChI is InChI=1S/C13H16O3S.C6H10O/c1-3-4-5-6-11-16-17(14,15)13-9-7-12(2)8-10-13;1-2-3-4-5-6-7/h1,7-10H,4-6,11H2,2H3;1,7H,3-6H2. The summed E-state index contributed by atoms with van der Waals surface area (Å²) in [5.74, 6) is 4.99. The lowest BCUT2D eigenvalue weighted by atomic mass is 10.2. The van der Waals surface area contributed by atoms with Gasteiger partial charge < -0.3 is 5.11 Å². The van der Waals surface area contributed by atoms with Crippen molar-refractivity contribution in [2.75, 3.05) is 13.2 Å². The highest BCUT2D eigenvalue weighted by molar-refractivity contribution is 7.86. The minimum Gasteiger partial charge on any atom is -0.396 e. The molecule has 0 spiro atoms. The molecule has 0 saturated carbocycles. The molecule has 132 valence electrons. The van der Waals surface area contributed by atoms with Gasteiger partial charge in [0.15, 0.2) is 0 Å². The van der Waals surface area contributed by atoms with Crippen LogP contribution in [0.1, 0.15) is 44.1 Å². The highest BCUT2D eigenvalue weighted by Gasteiger charge is 2.13. The molecule has 0 saturated heterocycles. The summed E-state index contributed by atoms with van der Waals surface area (Å²) in [4.78, 5) is 0.194. The van der Waals surface area contributed by atoms with Crippen LogP contribution < -0.4 is 0 Å². The molecule has 0 heterocycles. The lowest BCUT2D eigenvalue weighted by molar-refractivity contribution is 0.285. The molecule has 1 aromatic carbocycles. The van der Waals surface area contributed by atoms with Crippen LogP contribution in [0.25, 0.3) is 0 Å². The molecule has 0 bridgehead atoms. The van der Waals surface area contributed by atoms with E-state index in [1.807, 2.05) is 6.92 Å². The minimum atomic E-state index is -3.62. The van der Waals surface area contributed by atoms with E-state index in [0.29, 0.717) is 12.8 Å². The zero-order valence-corrected chi connectivity index (χ0v) is 15.0. The van der Waals surface area contributed by atoms with Crippen molar-refractivity contribution in [2.24, 2.45) is 0 Å². The van der Waals surface area contributed by atoms with E-state index < -0.39 is 10.1 Å². The van der Waals surface area contributed by atoms with Gasteiger partial charge >= 0.3 is 0 Å². The topological polar surface area (TPSA) is 63.6 Å². The van der Waals surface area contributed by atoms with E-state index in [0.717, 1.165) is 31.2 Å². The van der Waals surface area contributed by atoms with Gasteiger partial charge in [0, 0.05) is 19.4 Å². The fourth-order valence-electron chi connectivity index (χ4n) is 1.61. The fourth-order valence-corrected chi connectivity index (χ4v) is 2.55. The van der Waals surface area contributed by atoms with Crippen molar-refractivity contribution >= 4 is 10.1 Å². The second-order valence-corrected chi connectivity index (χ2v) is 6.75. The second kappa shape index (κ2) is 13.6. The molecular weight excluding hydrogens is 324 g/mol. The Bertz CT molecular complexity index is 619. The van der Waals surface area contributed by atoms with Crippen molar-refractivity contribution in [1.82, 2.24) is 0 Å². The molecule has 0 aromatic heterocycles. The molecule has 0 amide bonds. The summed E-state index contributed by atoms with van der Waals surface area (Å²) < 4.78 is 28.3. The van der Waals surface area contributed by atoms with Gasteiger partial charge in [-0.05, 0) is 44.7 Å². The van der Waals surface area contributed by atoms with Crippen LogP contribution in [-0.2, 0) is 14.3 Å². The SMILES string of the molecule is C#CCCCCO.C#CCCCCOS(=O)(=O)c1ccc(C)cc1. The van der Waals surface area contributed by atoms with Crippen LogP contribution in [0.15, 0.2) is 29.2 Å². The highest BCUT2D eigenvalue weighted by Crippen LogP contribution is 2.13. The predicted molar refractivity (Wildman–Crippen MR) is 96.8 cm³/mol. The van der Waals surface area contributed by atoms with Gasteiger partial charge in [0.1, 0.15) is 0 Å². The van der Waals surface area contributed by atoms with Gasteiger partial charge in [-0.25, -0.2) is 0 Å². The van der Waals surface area contributed by atoms with Crippen molar-refractivity contribution in [3.63, 3.8) is 0 Å². The molecule has 0 atom stereocenters. The van der Waals surface area contributed by atoms with Gasteiger partial charge in [0.2, 0.25) is 0 Å². The van der Waals surface area contributed by atoms with Crippen molar-refractivity contribution in [1.29, 1.82) is 0 Å². The molecule has 0 aliphatic heterocycles. The second-order valence-electron chi connectivity index (χ2n) is 5.14. The molecular formula is C19H26O4S. The van der Waals surface area contributed by atoms with E-state index in [2.05, 4.69) is 11.8 Å². The summed E-state index contributed by atoms with van der Waals surface area (Å²) in [6.45, 7) is 2.34. The smallest absolute Gasteiger partial charge is 0.296 e. The number of terminal acetylenes is 2. The summed E-state index contributed by atoms with van der Waals surface area (Å²) in [5, 5.41) is 8.22. The van der Waals surface area contributed by atoms with E-state index in [1.165, 1.54) is 0 Å². The zero-order chi connectivity index (χ0) is 18.3. The number of aryl methyl sites for hydroxylation is 1. The quantitative estimate of drug-likeness (QED) is 0.422.